The van der Waals surface area contributed by atoms with Crippen LogP contribution in [0, 0.1) is 23.7 Å². The molecule has 2 atom stereocenters. The van der Waals surface area contributed by atoms with Crippen molar-refractivity contribution in [1.82, 2.24) is 4.90 Å². The van der Waals surface area contributed by atoms with Crippen LogP contribution in [0.1, 0.15) is 67.3 Å². The number of Topliss-reactive ketones (excluding diaryl/α,β-unsaturated/α-hetero) is 1. The number of ether oxygens (including phenoxy) is 1. The lowest BCUT2D eigenvalue weighted by atomic mass is 9.77. The van der Waals surface area contributed by atoms with Crippen LogP contribution in [-0.2, 0) is 16.0 Å². The van der Waals surface area contributed by atoms with E-state index in [4.69, 9.17) is 27.9 Å². The monoisotopic (exact) mass is 609 g/mol. The fraction of sp³-hybridized carbons (Fsp3) is 0.562. The molecule has 0 bridgehead atoms. The van der Waals surface area contributed by atoms with Crippen LogP contribution in [0.4, 0.5) is 13.2 Å². The van der Waals surface area contributed by atoms with Crippen LogP contribution in [0.15, 0.2) is 36.4 Å². The number of halogens is 5. The maximum atomic E-state index is 13.3. The average Bonchev–Trinajstić information content (AvgIpc) is 3.33. The number of nitrogens with zero attached hydrogens (tertiary/aromatic N) is 1. The van der Waals surface area contributed by atoms with E-state index in [-0.39, 0.29) is 43.7 Å². The van der Waals surface area contributed by atoms with Gasteiger partial charge in [-0.1, -0.05) is 35.3 Å². The highest BCUT2D eigenvalue weighted by Crippen LogP contribution is 2.43. The highest BCUT2D eigenvalue weighted by molar-refractivity contribution is 6.36. The van der Waals surface area contributed by atoms with Crippen molar-refractivity contribution < 1.29 is 27.5 Å². The van der Waals surface area contributed by atoms with E-state index in [1.54, 1.807) is 31.4 Å². The molecule has 41 heavy (non-hydrogen) atoms. The second-order valence-electron chi connectivity index (χ2n) is 11.9. The molecule has 0 N–H and O–H groups in total. The Balaban J connectivity index is 1.21. The molecule has 2 aromatic carbocycles. The molecular weight excluding hydrogens is 574 g/mol. The summed E-state index contributed by atoms with van der Waals surface area (Å²) < 4.78 is 44.4. The summed E-state index contributed by atoms with van der Waals surface area (Å²) in [6.07, 6.45) is 2.38. The van der Waals surface area contributed by atoms with Crippen LogP contribution in [0.2, 0.25) is 10.0 Å². The summed E-state index contributed by atoms with van der Waals surface area (Å²) in [5, 5.41) is 1.02. The maximum Gasteiger partial charge on any atom is 0.391 e. The summed E-state index contributed by atoms with van der Waals surface area (Å²) in [6.45, 7) is 0.188. The van der Waals surface area contributed by atoms with Gasteiger partial charge in [-0.2, -0.15) is 13.2 Å². The molecule has 1 heterocycles. The number of hydrogen-bond donors (Lipinski definition) is 0. The number of likely N-dealkylation sites (tertiary alicyclic amines) is 1. The SMILES string of the molecule is COC1CCC(C2CC[C@@H](Cc3c(Cl)cc(-c4ccc(C(=O)N5CCC(C(F)(F)F)CC5)cc4)cc3Cl)C2=O)CC1. The Hall–Kier alpha value is -2.09. The van der Waals surface area contributed by atoms with E-state index in [0.717, 1.165) is 55.2 Å². The topological polar surface area (TPSA) is 46.6 Å². The van der Waals surface area contributed by atoms with E-state index in [0.29, 0.717) is 39.8 Å². The molecule has 1 aliphatic heterocycles. The summed E-state index contributed by atoms with van der Waals surface area (Å²) in [4.78, 5) is 27.7. The number of alkyl halides is 3. The van der Waals surface area contributed by atoms with Gasteiger partial charge in [0, 0.05) is 47.6 Å². The van der Waals surface area contributed by atoms with Gasteiger partial charge >= 0.3 is 6.18 Å². The Kier molecular flexibility index (Phi) is 9.37. The lowest BCUT2D eigenvalue weighted by molar-refractivity contribution is -0.183. The molecule has 5 rings (SSSR count). The Morgan fingerprint density at radius 1 is 0.902 bits per heavy atom. The number of amides is 1. The number of benzene rings is 2. The molecule has 3 fully saturated rings. The predicted molar refractivity (Wildman–Crippen MR) is 154 cm³/mol. The fourth-order valence-corrected chi connectivity index (χ4v) is 7.62. The van der Waals surface area contributed by atoms with Crippen LogP contribution in [0.25, 0.3) is 11.1 Å². The molecule has 3 aliphatic rings. The molecule has 2 aliphatic carbocycles. The van der Waals surface area contributed by atoms with Gasteiger partial charge in [-0.3, -0.25) is 9.59 Å². The van der Waals surface area contributed by atoms with Gasteiger partial charge < -0.3 is 9.64 Å². The average molecular weight is 611 g/mol. The van der Waals surface area contributed by atoms with Gasteiger partial charge in [0.25, 0.3) is 5.91 Å². The molecule has 1 saturated heterocycles. The Morgan fingerprint density at radius 3 is 2.07 bits per heavy atom. The van der Waals surface area contributed by atoms with Gasteiger partial charge in [0.2, 0.25) is 0 Å². The minimum Gasteiger partial charge on any atom is -0.381 e. The highest BCUT2D eigenvalue weighted by atomic mass is 35.5. The number of ketones is 1. The van der Waals surface area contributed by atoms with E-state index < -0.39 is 12.1 Å². The second-order valence-corrected chi connectivity index (χ2v) is 12.7. The standard InChI is InChI=1S/C32H36Cl2F3NO3/c1-41-25-9-6-20(7-10-25)26-11-8-22(30(26)39)16-27-28(33)17-23(18-29(27)34)19-2-4-21(5-3-19)31(40)38-14-12-24(13-15-38)32(35,36)37/h2-5,17-18,20,22,24-26H,6-16H2,1H3/t20?,22-,25?,26?/m0/s1. The number of hydrogen-bond acceptors (Lipinski definition) is 3. The Morgan fingerprint density at radius 2 is 1.51 bits per heavy atom. The van der Waals surface area contributed by atoms with Crippen molar-refractivity contribution in [3.8, 4) is 11.1 Å². The first-order chi connectivity index (χ1) is 19.5. The lowest BCUT2D eigenvalue weighted by Gasteiger charge is -2.33. The van der Waals surface area contributed by atoms with E-state index >= 15 is 0 Å². The first kappa shape index (κ1) is 30.4. The van der Waals surface area contributed by atoms with Gasteiger partial charge in [0.05, 0.1) is 12.0 Å². The van der Waals surface area contributed by atoms with E-state index in [1.165, 1.54) is 4.90 Å². The summed E-state index contributed by atoms with van der Waals surface area (Å²) >= 11 is 13.4. The van der Waals surface area contributed by atoms with Crippen molar-refractivity contribution in [1.29, 1.82) is 0 Å². The molecule has 0 radical (unpaired) electrons. The first-order valence-corrected chi connectivity index (χ1v) is 15.3. The van der Waals surface area contributed by atoms with Gasteiger partial charge in [-0.15, -0.1) is 0 Å². The van der Waals surface area contributed by atoms with Gasteiger partial charge in [0.1, 0.15) is 5.78 Å². The normalized spacial score (nSPS) is 26.0. The summed E-state index contributed by atoms with van der Waals surface area (Å²) in [5.41, 5.74) is 2.82. The third-order valence-electron chi connectivity index (χ3n) is 9.52. The van der Waals surface area contributed by atoms with Crippen molar-refractivity contribution >= 4 is 34.9 Å². The van der Waals surface area contributed by atoms with Crippen LogP contribution >= 0.6 is 23.2 Å². The first-order valence-electron chi connectivity index (χ1n) is 14.6. The van der Waals surface area contributed by atoms with E-state index in [9.17, 15) is 22.8 Å². The summed E-state index contributed by atoms with van der Waals surface area (Å²) in [5.74, 6) is -0.798. The van der Waals surface area contributed by atoms with E-state index in [2.05, 4.69) is 0 Å². The van der Waals surface area contributed by atoms with Crippen LogP contribution in [0.3, 0.4) is 0 Å². The van der Waals surface area contributed by atoms with Crippen molar-refractivity contribution in [2.24, 2.45) is 23.7 Å². The van der Waals surface area contributed by atoms with Crippen molar-refractivity contribution in [2.75, 3.05) is 20.2 Å². The molecule has 222 valence electrons. The maximum absolute atomic E-state index is 13.3. The Labute approximate surface area is 249 Å². The number of methoxy groups -OCH3 is 1. The third-order valence-corrected chi connectivity index (χ3v) is 10.2. The third kappa shape index (κ3) is 6.78. The molecule has 0 spiro atoms. The fourth-order valence-electron chi connectivity index (χ4n) is 6.97. The van der Waals surface area contributed by atoms with Crippen LogP contribution in [0.5, 0.6) is 0 Å². The minimum absolute atomic E-state index is 0.0703. The van der Waals surface area contributed by atoms with Crippen molar-refractivity contribution in [2.45, 2.75) is 70.1 Å². The van der Waals surface area contributed by atoms with Crippen LogP contribution in [-0.4, -0.2) is 49.1 Å². The summed E-state index contributed by atoms with van der Waals surface area (Å²) in [6, 6.07) is 10.6. The lowest BCUT2D eigenvalue weighted by Crippen LogP contribution is -2.42. The molecule has 1 unspecified atom stereocenters. The predicted octanol–water partition coefficient (Wildman–Crippen LogP) is 8.42. The molecule has 0 aromatic heterocycles. The highest BCUT2D eigenvalue weighted by Gasteiger charge is 2.42. The largest absolute Gasteiger partial charge is 0.391 e. The number of piperidine rings is 1. The van der Waals surface area contributed by atoms with Crippen LogP contribution < -0.4 is 0 Å². The van der Waals surface area contributed by atoms with Crippen molar-refractivity contribution in [3.05, 3.63) is 57.6 Å². The smallest absolute Gasteiger partial charge is 0.381 e. The van der Waals surface area contributed by atoms with Gasteiger partial charge in [-0.25, -0.2) is 0 Å². The van der Waals surface area contributed by atoms with Crippen molar-refractivity contribution in [3.63, 3.8) is 0 Å². The van der Waals surface area contributed by atoms with E-state index in [1.807, 2.05) is 12.1 Å². The van der Waals surface area contributed by atoms with Gasteiger partial charge in [0.15, 0.2) is 0 Å². The number of carbonyl (C=O) groups is 2. The molecular formula is C32H36Cl2F3NO3. The number of carbonyl (C=O) groups excluding carboxylic acids is 2. The molecule has 2 aromatic rings. The van der Waals surface area contributed by atoms with Gasteiger partial charge in [-0.05, 0) is 105 Å². The molecule has 9 heteroatoms. The summed E-state index contributed by atoms with van der Waals surface area (Å²) in [7, 11) is 1.76. The molecule has 4 nitrogen and oxygen atoms in total. The molecule has 2 saturated carbocycles. The number of rotatable bonds is 6. The minimum atomic E-state index is -4.21. The zero-order valence-electron chi connectivity index (χ0n) is 23.2. The zero-order valence-corrected chi connectivity index (χ0v) is 24.7. The zero-order chi connectivity index (χ0) is 29.3. The quantitative estimate of drug-likeness (QED) is 0.330. The molecule has 1 amide bonds. The second kappa shape index (κ2) is 12.6. The Bertz CT molecular complexity index is 1230.